The van der Waals surface area contributed by atoms with Gasteiger partial charge < -0.3 is 5.11 Å². The summed E-state index contributed by atoms with van der Waals surface area (Å²) in [5.74, 6) is -0.367. The minimum atomic E-state index is -0.772. The predicted molar refractivity (Wildman–Crippen MR) is 91.4 cm³/mol. The molecule has 2 aromatic heterocycles. The Kier molecular flexibility index (Phi) is 4.73. The van der Waals surface area contributed by atoms with Crippen molar-refractivity contribution in [1.82, 2.24) is 20.0 Å². The summed E-state index contributed by atoms with van der Waals surface area (Å²) in [5, 5.41) is 19.2. The summed E-state index contributed by atoms with van der Waals surface area (Å²) in [6.07, 6.45) is 1.75. The van der Waals surface area contributed by atoms with Crippen molar-refractivity contribution in [2.24, 2.45) is 0 Å². The molecule has 1 aromatic carbocycles. The summed E-state index contributed by atoms with van der Waals surface area (Å²) < 4.78 is 15.3. The van der Waals surface area contributed by atoms with Crippen LogP contribution in [0, 0.1) is 12.7 Å². The standard InChI is InChI=1S/C17H19FN4OS/c1-4-22-9-13(20-21-22)8-16-17(19-11(3)24-16)14-6-5-12(18)7-15(14)10(2)23/h5-7,9-10,23H,4,8H2,1-3H3/t10-/m1/s1. The van der Waals surface area contributed by atoms with Gasteiger partial charge in [0.15, 0.2) is 0 Å². The maximum atomic E-state index is 13.6. The van der Waals surface area contributed by atoms with Gasteiger partial charge in [-0.15, -0.1) is 16.4 Å². The molecule has 7 heteroatoms. The van der Waals surface area contributed by atoms with E-state index >= 15 is 0 Å². The molecule has 0 spiro atoms. The number of hydrogen-bond donors (Lipinski definition) is 1. The van der Waals surface area contributed by atoms with Crippen molar-refractivity contribution >= 4 is 11.3 Å². The van der Waals surface area contributed by atoms with Crippen LogP contribution in [-0.4, -0.2) is 25.1 Å². The quantitative estimate of drug-likeness (QED) is 0.768. The Morgan fingerprint density at radius 2 is 2.17 bits per heavy atom. The zero-order valence-electron chi connectivity index (χ0n) is 13.8. The number of hydrogen-bond acceptors (Lipinski definition) is 5. The smallest absolute Gasteiger partial charge is 0.123 e. The summed E-state index contributed by atoms with van der Waals surface area (Å²) in [7, 11) is 0. The molecule has 0 aliphatic rings. The zero-order chi connectivity index (χ0) is 17.3. The predicted octanol–water partition coefficient (Wildman–Crippen LogP) is 3.51. The number of benzene rings is 1. The first-order valence-corrected chi connectivity index (χ1v) is 8.62. The first kappa shape index (κ1) is 16.7. The molecule has 0 aliphatic carbocycles. The van der Waals surface area contributed by atoms with Gasteiger partial charge in [0.2, 0.25) is 0 Å². The van der Waals surface area contributed by atoms with E-state index in [4.69, 9.17) is 0 Å². The lowest BCUT2D eigenvalue weighted by Gasteiger charge is -2.12. The number of aryl methyl sites for hydroxylation is 2. The average molecular weight is 346 g/mol. The Bertz CT molecular complexity index is 856. The highest BCUT2D eigenvalue weighted by Crippen LogP contribution is 2.34. The van der Waals surface area contributed by atoms with Crippen molar-refractivity contribution in [3.05, 3.63) is 51.4 Å². The molecule has 126 valence electrons. The molecule has 3 aromatic rings. The molecule has 0 fully saturated rings. The Hall–Kier alpha value is -2.12. The van der Waals surface area contributed by atoms with E-state index in [1.165, 1.54) is 12.1 Å². The lowest BCUT2D eigenvalue weighted by atomic mass is 9.99. The van der Waals surface area contributed by atoms with Crippen LogP contribution in [0.2, 0.25) is 0 Å². The highest BCUT2D eigenvalue weighted by molar-refractivity contribution is 7.12. The molecule has 3 rings (SSSR count). The highest BCUT2D eigenvalue weighted by atomic mass is 32.1. The summed E-state index contributed by atoms with van der Waals surface area (Å²) in [5.41, 5.74) is 2.94. The first-order chi connectivity index (χ1) is 11.5. The van der Waals surface area contributed by atoms with Crippen molar-refractivity contribution < 1.29 is 9.50 Å². The van der Waals surface area contributed by atoms with Gasteiger partial charge >= 0.3 is 0 Å². The molecule has 24 heavy (non-hydrogen) atoms. The largest absolute Gasteiger partial charge is 0.389 e. The molecule has 1 atom stereocenters. The van der Waals surface area contributed by atoms with Crippen LogP contribution in [0.25, 0.3) is 11.3 Å². The van der Waals surface area contributed by atoms with Crippen molar-refractivity contribution in [2.45, 2.75) is 39.8 Å². The molecule has 0 saturated heterocycles. The van der Waals surface area contributed by atoms with Crippen LogP contribution in [0.5, 0.6) is 0 Å². The fourth-order valence-electron chi connectivity index (χ4n) is 2.63. The monoisotopic (exact) mass is 346 g/mol. The normalized spacial score (nSPS) is 12.5. The number of nitrogens with zero attached hydrogens (tertiary/aromatic N) is 4. The van der Waals surface area contributed by atoms with E-state index in [9.17, 15) is 9.50 Å². The molecular formula is C17H19FN4OS. The van der Waals surface area contributed by atoms with Gasteiger partial charge in [0.05, 0.1) is 22.5 Å². The summed E-state index contributed by atoms with van der Waals surface area (Å²) in [6, 6.07) is 4.44. The van der Waals surface area contributed by atoms with Crippen molar-refractivity contribution in [3.63, 3.8) is 0 Å². The minimum absolute atomic E-state index is 0.367. The van der Waals surface area contributed by atoms with Crippen LogP contribution >= 0.6 is 11.3 Å². The molecule has 1 N–H and O–H groups in total. The maximum Gasteiger partial charge on any atom is 0.123 e. The second-order valence-electron chi connectivity index (χ2n) is 5.65. The Balaban J connectivity index is 2.03. The van der Waals surface area contributed by atoms with Gasteiger partial charge in [0.1, 0.15) is 5.82 Å². The lowest BCUT2D eigenvalue weighted by Crippen LogP contribution is -1.98. The van der Waals surface area contributed by atoms with Crippen LogP contribution in [-0.2, 0) is 13.0 Å². The van der Waals surface area contributed by atoms with Gasteiger partial charge in [-0.2, -0.15) is 0 Å². The SMILES string of the molecule is CCn1cc(Cc2sc(C)nc2-c2ccc(F)cc2[C@@H](C)O)nn1. The topological polar surface area (TPSA) is 63.8 Å². The Morgan fingerprint density at radius 3 is 2.83 bits per heavy atom. The Morgan fingerprint density at radius 1 is 1.38 bits per heavy atom. The van der Waals surface area contributed by atoms with Crippen LogP contribution < -0.4 is 0 Å². The first-order valence-electron chi connectivity index (χ1n) is 7.81. The summed E-state index contributed by atoms with van der Waals surface area (Å²) >= 11 is 1.58. The maximum absolute atomic E-state index is 13.6. The van der Waals surface area contributed by atoms with Gasteiger partial charge in [0.25, 0.3) is 0 Å². The highest BCUT2D eigenvalue weighted by Gasteiger charge is 2.18. The number of rotatable bonds is 5. The van der Waals surface area contributed by atoms with E-state index in [1.807, 2.05) is 20.0 Å². The van der Waals surface area contributed by atoms with Gasteiger partial charge in [-0.25, -0.2) is 9.37 Å². The van der Waals surface area contributed by atoms with Crippen LogP contribution in [0.1, 0.15) is 41.1 Å². The van der Waals surface area contributed by atoms with Gasteiger partial charge in [0, 0.05) is 29.6 Å². The number of aliphatic hydroxyl groups excluding tert-OH is 1. The van der Waals surface area contributed by atoms with Crippen molar-refractivity contribution in [2.75, 3.05) is 0 Å². The molecule has 5 nitrogen and oxygen atoms in total. The third-order valence-electron chi connectivity index (χ3n) is 3.77. The second kappa shape index (κ2) is 6.78. The average Bonchev–Trinajstić information content (AvgIpc) is 3.14. The zero-order valence-corrected chi connectivity index (χ0v) is 14.6. The molecule has 0 aliphatic heterocycles. The minimum Gasteiger partial charge on any atom is -0.389 e. The molecule has 0 unspecified atom stereocenters. The van der Waals surface area contributed by atoms with E-state index in [0.29, 0.717) is 12.0 Å². The summed E-state index contributed by atoms with van der Waals surface area (Å²) in [4.78, 5) is 5.64. The van der Waals surface area contributed by atoms with Crippen LogP contribution in [0.4, 0.5) is 4.39 Å². The number of aromatic nitrogens is 4. The van der Waals surface area contributed by atoms with Crippen molar-refractivity contribution in [1.29, 1.82) is 0 Å². The van der Waals surface area contributed by atoms with Gasteiger partial charge in [-0.1, -0.05) is 5.21 Å². The van der Waals surface area contributed by atoms with E-state index in [-0.39, 0.29) is 5.82 Å². The van der Waals surface area contributed by atoms with E-state index in [2.05, 4.69) is 15.3 Å². The van der Waals surface area contributed by atoms with E-state index in [1.54, 1.807) is 29.0 Å². The molecule has 2 heterocycles. The molecule has 0 bridgehead atoms. The molecule has 0 radical (unpaired) electrons. The van der Waals surface area contributed by atoms with E-state index in [0.717, 1.165) is 33.4 Å². The fourth-order valence-corrected chi connectivity index (χ4v) is 3.60. The fraction of sp³-hybridized carbons (Fsp3) is 0.353. The number of aliphatic hydroxyl groups is 1. The van der Waals surface area contributed by atoms with Gasteiger partial charge in [-0.05, 0) is 44.5 Å². The molecule has 0 amide bonds. The van der Waals surface area contributed by atoms with Crippen molar-refractivity contribution in [3.8, 4) is 11.3 Å². The van der Waals surface area contributed by atoms with Crippen LogP contribution in [0.15, 0.2) is 24.4 Å². The third kappa shape index (κ3) is 3.37. The van der Waals surface area contributed by atoms with E-state index < -0.39 is 6.10 Å². The van der Waals surface area contributed by atoms with Gasteiger partial charge in [-0.3, -0.25) is 4.68 Å². The molecule has 0 saturated carbocycles. The third-order valence-corrected chi connectivity index (χ3v) is 4.75. The number of thiazole rings is 1. The Labute approximate surface area is 143 Å². The summed E-state index contributed by atoms with van der Waals surface area (Å²) in [6.45, 7) is 6.34. The number of halogens is 1. The molecular weight excluding hydrogens is 327 g/mol. The van der Waals surface area contributed by atoms with Crippen LogP contribution in [0.3, 0.4) is 0 Å². The second-order valence-corrected chi connectivity index (χ2v) is 6.94. The lowest BCUT2D eigenvalue weighted by molar-refractivity contribution is 0.199.